The van der Waals surface area contributed by atoms with E-state index in [1.807, 2.05) is 6.07 Å². The molecule has 2 heterocycles. The van der Waals surface area contributed by atoms with Gasteiger partial charge in [0, 0.05) is 11.8 Å². The van der Waals surface area contributed by atoms with E-state index in [0.717, 1.165) is 12.0 Å². The monoisotopic (exact) mass is 396 g/mol. The topological polar surface area (TPSA) is 83.1 Å². The number of hydrogen-bond donors (Lipinski definition) is 3. The Hall–Kier alpha value is -3.33. The van der Waals surface area contributed by atoms with Crippen molar-refractivity contribution in [1.29, 1.82) is 5.26 Å². The van der Waals surface area contributed by atoms with Crippen LogP contribution in [0.3, 0.4) is 0 Å². The van der Waals surface area contributed by atoms with E-state index in [-0.39, 0.29) is 30.0 Å². The third-order valence-electron chi connectivity index (χ3n) is 6.36. The van der Waals surface area contributed by atoms with Gasteiger partial charge in [-0.05, 0) is 33.9 Å². The second kappa shape index (κ2) is 7.49. The van der Waals surface area contributed by atoms with E-state index in [0.29, 0.717) is 5.57 Å². The van der Waals surface area contributed by atoms with Crippen LogP contribution in [0.2, 0.25) is 0 Å². The zero-order valence-electron chi connectivity index (χ0n) is 16.8. The maximum absolute atomic E-state index is 9.93. The summed E-state index contributed by atoms with van der Waals surface area (Å²) in [5, 5.41) is 12.3. The van der Waals surface area contributed by atoms with E-state index in [2.05, 4.69) is 84.5 Å². The predicted octanol–water partition coefficient (Wildman–Crippen LogP) is 4.00. The first kappa shape index (κ1) is 18.7. The van der Waals surface area contributed by atoms with Crippen molar-refractivity contribution >= 4 is 10.8 Å². The minimum atomic E-state index is -0.318. The summed E-state index contributed by atoms with van der Waals surface area (Å²) in [7, 11) is 0. The number of ether oxygens (including phenoxy) is 1. The van der Waals surface area contributed by atoms with Crippen LogP contribution in [0, 0.1) is 17.2 Å². The number of aryl methyl sites for hydroxylation is 1. The highest BCUT2D eigenvalue weighted by molar-refractivity contribution is 5.86. The Labute approximate surface area is 176 Å². The molecular formula is C25H24N4O. The first-order chi connectivity index (χ1) is 14.7. The fraction of sp³-hybridized carbons (Fsp3) is 0.240. The third kappa shape index (κ3) is 2.93. The van der Waals surface area contributed by atoms with Crippen molar-refractivity contribution in [2.45, 2.75) is 31.5 Å². The van der Waals surface area contributed by atoms with Crippen LogP contribution in [-0.4, -0.2) is 6.23 Å². The Morgan fingerprint density at radius 3 is 2.53 bits per heavy atom. The predicted molar refractivity (Wildman–Crippen MR) is 117 cm³/mol. The fourth-order valence-corrected chi connectivity index (χ4v) is 4.84. The van der Waals surface area contributed by atoms with E-state index in [1.165, 1.54) is 21.9 Å². The van der Waals surface area contributed by atoms with Crippen LogP contribution in [-0.2, 0) is 11.2 Å². The number of hydrogen-bond acceptors (Lipinski definition) is 5. The molecule has 4 N–H and O–H groups in total. The van der Waals surface area contributed by atoms with Gasteiger partial charge in [-0.15, -0.1) is 0 Å². The minimum Gasteiger partial charge on any atom is -0.458 e. The largest absolute Gasteiger partial charge is 0.458 e. The number of nitriles is 1. The van der Waals surface area contributed by atoms with Gasteiger partial charge < -0.3 is 10.5 Å². The fourth-order valence-electron chi connectivity index (χ4n) is 4.84. The normalized spacial score (nSPS) is 25.6. The van der Waals surface area contributed by atoms with Crippen molar-refractivity contribution in [2.75, 3.05) is 0 Å². The zero-order chi connectivity index (χ0) is 20.7. The van der Waals surface area contributed by atoms with Gasteiger partial charge in [-0.1, -0.05) is 73.7 Å². The zero-order valence-corrected chi connectivity index (χ0v) is 16.8. The van der Waals surface area contributed by atoms with E-state index in [9.17, 15) is 5.26 Å². The lowest BCUT2D eigenvalue weighted by molar-refractivity contribution is 0.0341. The van der Waals surface area contributed by atoms with Crippen molar-refractivity contribution in [1.82, 2.24) is 10.9 Å². The summed E-state index contributed by atoms with van der Waals surface area (Å²) in [6, 6.07) is 25.5. The van der Waals surface area contributed by atoms with Crippen LogP contribution >= 0.6 is 0 Å². The van der Waals surface area contributed by atoms with Gasteiger partial charge in [-0.3, -0.25) is 0 Å². The average Bonchev–Trinajstić information content (AvgIpc) is 3.21. The van der Waals surface area contributed by atoms with E-state index in [4.69, 9.17) is 10.5 Å². The molecule has 3 aromatic rings. The Morgan fingerprint density at radius 2 is 1.77 bits per heavy atom. The maximum Gasteiger partial charge on any atom is 0.200 e. The summed E-state index contributed by atoms with van der Waals surface area (Å²) < 4.78 is 5.94. The van der Waals surface area contributed by atoms with Gasteiger partial charge in [0.1, 0.15) is 6.07 Å². The number of nitrogens with one attached hydrogen (secondary N) is 2. The molecule has 5 rings (SSSR count). The van der Waals surface area contributed by atoms with Crippen LogP contribution in [0.5, 0.6) is 0 Å². The van der Waals surface area contributed by atoms with Crippen LogP contribution in [0.25, 0.3) is 10.8 Å². The summed E-state index contributed by atoms with van der Waals surface area (Å²) >= 11 is 0. The number of rotatable bonds is 3. The van der Waals surface area contributed by atoms with E-state index in [1.54, 1.807) is 0 Å². The summed E-state index contributed by atoms with van der Waals surface area (Å²) in [6.07, 6.45) is 0.659. The lowest BCUT2D eigenvalue weighted by Crippen LogP contribution is -2.41. The first-order valence-electron chi connectivity index (χ1n) is 10.3. The molecule has 1 fully saturated rings. The molecule has 2 aliphatic heterocycles. The molecule has 5 heteroatoms. The average molecular weight is 396 g/mol. The van der Waals surface area contributed by atoms with Gasteiger partial charge in [0.2, 0.25) is 5.88 Å². The molecule has 0 spiro atoms. The van der Waals surface area contributed by atoms with E-state index >= 15 is 0 Å². The number of nitrogens with two attached hydrogens (primary N) is 1. The van der Waals surface area contributed by atoms with E-state index < -0.39 is 0 Å². The summed E-state index contributed by atoms with van der Waals surface area (Å²) in [6.45, 7) is 2.14. The highest BCUT2D eigenvalue weighted by Crippen LogP contribution is 2.48. The number of nitrogens with zero attached hydrogens (tertiary/aromatic N) is 1. The van der Waals surface area contributed by atoms with Gasteiger partial charge in [-0.25, -0.2) is 10.9 Å². The minimum absolute atomic E-state index is 0.0229. The molecule has 0 aromatic heterocycles. The Morgan fingerprint density at radius 1 is 1.00 bits per heavy atom. The molecule has 4 unspecified atom stereocenters. The molecule has 0 bridgehead atoms. The van der Waals surface area contributed by atoms with Crippen molar-refractivity contribution in [3.63, 3.8) is 0 Å². The number of allylic oxidation sites excluding steroid dienone is 1. The van der Waals surface area contributed by atoms with Gasteiger partial charge in [-0.2, -0.15) is 5.26 Å². The number of hydrazine groups is 1. The van der Waals surface area contributed by atoms with Crippen molar-refractivity contribution in [2.24, 2.45) is 11.7 Å². The molecule has 1 saturated heterocycles. The van der Waals surface area contributed by atoms with Gasteiger partial charge in [0.15, 0.2) is 6.23 Å². The second-order valence-corrected chi connectivity index (χ2v) is 7.91. The summed E-state index contributed by atoms with van der Waals surface area (Å²) in [4.78, 5) is 0. The molecular weight excluding hydrogens is 372 g/mol. The van der Waals surface area contributed by atoms with Gasteiger partial charge in [0.05, 0.1) is 11.6 Å². The maximum atomic E-state index is 9.93. The molecule has 150 valence electrons. The van der Waals surface area contributed by atoms with Crippen LogP contribution < -0.4 is 16.6 Å². The molecule has 2 aliphatic rings. The van der Waals surface area contributed by atoms with Crippen LogP contribution in [0.4, 0.5) is 0 Å². The second-order valence-electron chi connectivity index (χ2n) is 7.91. The molecule has 3 aromatic carbocycles. The summed E-state index contributed by atoms with van der Waals surface area (Å²) in [5.41, 5.74) is 16.9. The Balaban J connectivity index is 1.65. The molecule has 0 aliphatic carbocycles. The molecule has 5 nitrogen and oxygen atoms in total. The Kier molecular flexibility index (Phi) is 4.66. The molecule has 0 saturated carbocycles. The standard InChI is InChI=1S/C25H24N4O/c1-2-15-10-12-17(13-11-15)21-20(14-26)24(27)30-25-22(21)23(28-29-25)19-9-5-7-16-6-3-4-8-18(16)19/h3-13,21-23,25,28-29H,2,27H2,1H3. The lowest BCUT2D eigenvalue weighted by Gasteiger charge is -2.36. The van der Waals surface area contributed by atoms with Crippen LogP contribution in [0.1, 0.15) is 35.6 Å². The molecule has 0 radical (unpaired) electrons. The smallest absolute Gasteiger partial charge is 0.200 e. The summed E-state index contributed by atoms with van der Waals surface area (Å²) in [5.74, 6) is 0.0209. The van der Waals surface area contributed by atoms with Gasteiger partial charge >= 0.3 is 0 Å². The Bertz CT molecular complexity index is 1160. The molecule has 30 heavy (non-hydrogen) atoms. The molecule has 0 amide bonds. The quantitative estimate of drug-likeness (QED) is 0.623. The third-order valence-corrected chi connectivity index (χ3v) is 6.36. The SMILES string of the molecule is CCc1ccc(C2C(C#N)=C(N)OC3NNC(c4cccc5ccccc45)C32)cc1. The van der Waals surface area contributed by atoms with Crippen molar-refractivity contribution in [3.05, 3.63) is 94.9 Å². The number of benzene rings is 3. The molecule has 4 atom stereocenters. The number of fused-ring (bicyclic) bond motifs is 2. The highest BCUT2D eigenvalue weighted by Gasteiger charge is 2.49. The van der Waals surface area contributed by atoms with Crippen LogP contribution in [0.15, 0.2) is 78.2 Å². The first-order valence-corrected chi connectivity index (χ1v) is 10.3. The van der Waals surface area contributed by atoms with Gasteiger partial charge in [0.25, 0.3) is 0 Å². The lowest BCUT2D eigenvalue weighted by atomic mass is 9.73. The highest BCUT2D eigenvalue weighted by atomic mass is 16.5. The van der Waals surface area contributed by atoms with Crippen molar-refractivity contribution < 1.29 is 4.74 Å². The van der Waals surface area contributed by atoms with Crippen molar-refractivity contribution in [3.8, 4) is 6.07 Å².